The number of fused-ring (bicyclic) bond motifs is 2. The van der Waals surface area contributed by atoms with Crippen molar-refractivity contribution in [2.24, 2.45) is 0 Å². The fourth-order valence-corrected chi connectivity index (χ4v) is 4.33. The Hall–Kier alpha value is -3.20. The van der Waals surface area contributed by atoms with E-state index in [1.165, 1.54) is 17.4 Å². The number of para-hydroxylation sites is 1. The van der Waals surface area contributed by atoms with Crippen molar-refractivity contribution in [1.82, 2.24) is 14.6 Å². The van der Waals surface area contributed by atoms with Gasteiger partial charge in [0, 0.05) is 21.4 Å². The van der Waals surface area contributed by atoms with Gasteiger partial charge in [0.15, 0.2) is 0 Å². The predicted octanol–water partition coefficient (Wildman–Crippen LogP) is 5.12. The summed E-state index contributed by atoms with van der Waals surface area (Å²) in [6.45, 7) is 0. The summed E-state index contributed by atoms with van der Waals surface area (Å²) in [7, 11) is 0. The van der Waals surface area contributed by atoms with Crippen LogP contribution in [0.15, 0.2) is 63.1 Å². The minimum atomic E-state index is -0.735. The molecule has 10 heteroatoms. The number of benzene rings is 2. The lowest BCUT2D eigenvalue weighted by Gasteiger charge is -2.03. The molecule has 0 unspecified atom stereocenters. The standard InChI is InChI=1S/C20H10Cl2N4O3S/c21-11-5-6-12(14(22)8-11)15-9-30-20-24-19(25-26(15)20)23-17(27)13-7-10-3-1-2-4-16(10)29-18(13)28/h1-9H,(H,23,25,27). The Morgan fingerprint density at radius 3 is 2.80 bits per heavy atom. The quantitative estimate of drug-likeness (QED) is 0.380. The zero-order valence-corrected chi connectivity index (χ0v) is 17.3. The molecule has 1 amide bonds. The van der Waals surface area contributed by atoms with Gasteiger partial charge < -0.3 is 4.42 Å². The highest BCUT2D eigenvalue weighted by Gasteiger charge is 2.18. The first-order valence-corrected chi connectivity index (χ1v) is 10.3. The van der Waals surface area contributed by atoms with Crippen molar-refractivity contribution in [3.63, 3.8) is 0 Å². The molecule has 1 N–H and O–H groups in total. The number of aromatic nitrogens is 3. The molecule has 5 aromatic rings. The molecule has 0 bridgehead atoms. The highest BCUT2D eigenvalue weighted by atomic mass is 35.5. The van der Waals surface area contributed by atoms with Crippen molar-refractivity contribution in [3.05, 3.63) is 79.9 Å². The van der Waals surface area contributed by atoms with Crippen molar-refractivity contribution in [2.75, 3.05) is 5.32 Å². The summed E-state index contributed by atoms with van der Waals surface area (Å²) in [6.07, 6.45) is 0. The SMILES string of the molecule is O=C(Nc1nc2scc(-c3ccc(Cl)cc3Cl)n2n1)c1cc2ccccc2oc1=O. The lowest BCUT2D eigenvalue weighted by atomic mass is 10.2. The van der Waals surface area contributed by atoms with E-state index in [4.69, 9.17) is 27.6 Å². The van der Waals surface area contributed by atoms with Crippen LogP contribution in [-0.2, 0) is 0 Å². The number of hydrogen-bond acceptors (Lipinski definition) is 6. The smallest absolute Gasteiger partial charge is 0.349 e. The number of rotatable bonds is 3. The fraction of sp³-hybridized carbons (Fsp3) is 0. The maximum Gasteiger partial charge on any atom is 0.349 e. The van der Waals surface area contributed by atoms with E-state index in [0.717, 1.165) is 5.56 Å². The number of carbonyl (C=O) groups excluding carboxylic acids is 1. The van der Waals surface area contributed by atoms with Crippen molar-refractivity contribution in [2.45, 2.75) is 0 Å². The van der Waals surface area contributed by atoms with E-state index >= 15 is 0 Å². The van der Waals surface area contributed by atoms with Crippen LogP contribution in [0.4, 0.5) is 5.95 Å². The van der Waals surface area contributed by atoms with E-state index in [0.29, 0.717) is 31.7 Å². The molecule has 7 nitrogen and oxygen atoms in total. The van der Waals surface area contributed by atoms with Crippen LogP contribution in [0.3, 0.4) is 0 Å². The molecule has 0 spiro atoms. The molecule has 2 aromatic carbocycles. The van der Waals surface area contributed by atoms with Crippen LogP contribution >= 0.6 is 34.5 Å². The van der Waals surface area contributed by atoms with Gasteiger partial charge >= 0.3 is 5.63 Å². The number of carbonyl (C=O) groups is 1. The first kappa shape index (κ1) is 18.8. The number of halogens is 2. The van der Waals surface area contributed by atoms with E-state index in [-0.39, 0.29) is 11.5 Å². The molecule has 5 rings (SSSR count). The summed E-state index contributed by atoms with van der Waals surface area (Å²) in [5.74, 6) is -0.593. The Balaban J connectivity index is 1.49. The number of nitrogens with one attached hydrogen (secondary N) is 1. The van der Waals surface area contributed by atoms with E-state index < -0.39 is 11.5 Å². The molecular formula is C20H10Cl2N4O3S. The lowest BCUT2D eigenvalue weighted by molar-refractivity contribution is 0.102. The number of thiazole rings is 1. The Morgan fingerprint density at radius 1 is 1.13 bits per heavy atom. The van der Waals surface area contributed by atoms with Gasteiger partial charge in [-0.05, 0) is 30.3 Å². The third kappa shape index (κ3) is 3.24. The van der Waals surface area contributed by atoms with Crippen LogP contribution in [-0.4, -0.2) is 20.5 Å². The van der Waals surface area contributed by atoms with Gasteiger partial charge in [-0.2, -0.15) is 4.98 Å². The van der Waals surface area contributed by atoms with Gasteiger partial charge in [-0.1, -0.05) is 41.4 Å². The van der Waals surface area contributed by atoms with Gasteiger partial charge in [0.25, 0.3) is 11.9 Å². The predicted molar refractivity (Wildman–Crippen MR) is 117 cm³/mol. The first-order chi connectivity index (χ1) is 14.5. The topological polar surface area (TPSA) is 89.5 Å². The molecule has 0 radical (unpaired) electrons. The molecule has 30 heavy (non-hydrogen) atoms. The average Bonchev–Trinajstić information content (AvgIpc) is 3.28. The first-order valence-electron chi connectivity index (χ1n) is 8.63. The number of nitrogens with zero attached hydrogens (tertiary/aromatic N) is 3. The van der Waals surface area contributed by atoms with E-state index in [1.54, 1.807) is 47.0 Å². The lowest BCUT2D eigenvalue weighted by Crippen LogP contribution is -2.21. The number of hydrogen-bond donors (Lipinski definition) is 1. The third-order valence-electron chi connectivity index (χ3n) is 4.40. The van der Waals surface area contributed by atoms with Crippen LogP contribution in [0.5, 0.6) is 0 Å². The molecule has 0 aliphatic carbocycles. The maximum atomic E-state index is 12.6. The van der Waals surface area contributed by atoms with E-state index in [2.05, 4.69) is 15.4 Å². The largest absolute Gasteiger partial charge is 0.422 e. The van der Waals surface area contributed by atoms with Crippen LogP contribution in [0.25, 0.3) is 27.2 Å². The molecular weight excluding hydrogens is 447 g/mol. The van der Waals surface area contributed by atoms with Crippen molar-refractivity contribution < 1.29 is 9.21 Å². The summed E-state index contributed by atoms with van der Waals surface area (Å²) in [6, 6.07) is 13.6. The maximum absolute atomic E-state index is 12.6. The molecule has 0 aliphatic rings. The van der Waals surface area contributed by atoms with Gasteiger partial charge in [-0.3, -0.25) is 10.1 Å². The Bertz CT molecular complexity index is 1510. The molecule has 3 heterocycles. The number of amides is 1. The van der Waals surface area contributed by atoms with Gasteiger partial charge in [0.2, 0.25) is 4.96 Å². The average molecular weight is 457 g/mol. The van der Waals surface area contributed by atoms with Crippen molar-refractivity contribution >= 4 is 62.3 Å². The normalized spacial score (nSPS) is 11.3. The van der Waals surface area contributed by atoms with Gasteiger partial charge in [0.1, 0.15) is 11.1 Å². The van der Waals surface area contributed by atoms with Crippen LogP contribution in [0.1, 0.15) is 10.4 Å². The molecule has 0 aliphatic heterocycles. The van der Waals surface area contributed by atoms with Crippen LogP contribution in [0.2, 0.25) is 10.0 Å². The number of anilines is 1. The van der Waals surface area contributed by atoms with Crippen molar-refractivity contribution in [3.8, 4) is 11.3 Å². The Labute approximate surface area is 182 Å². The van der Waals surface area contributed by atoms with E-state index in [9.17, 15) is 9.59 Å². The minimum Gasteiger partial charge on any atom is -0.422 e. The van der Waals surface area contributed by atoms with Gasteiger partial charge in [0.05, 0.1) is 10.7 Å². The second kappa shape index (κ2) is 7.24. The Kier molecular flexibility index (Phi) is 4.54. The molecule has 3 aromatic heterocycles. The zero-order valence-electron chi connectivity index (χ0n) is 14.9. The summed E-state index contributed by atoms with van der Waals surface area (Å²) < 4.78 is 6.78. The highest BCUT2D eigenvalue weighted by Crippen LogP contribution is 2.33. The fourth-order valence-electron chi connectivity index (χ4n) is 3.01. The van der Waals surface area contributed by atoms with Gasteiger partial charge in [-0.15, -0.1) is 16.4 Å². The monoisotopic (exact) mass is 456 g/mol. The van der Waals surface area contributed by atoms with Crippen molar-refractivity contribution in [1.29, 1.82) is 0 Å². The summed E-state index contributed by atoms with van der Waals surface area (Å²) in [4.78, 5) is 29.7. The molecule has 0 fully saturated rings. The minimum absolute atomic E-state index is 0.0609. The summed E-state index contributed by atoms with van der Waals surface area (Å²) in [5, 5.41) is 10.4. The van der Waals surface area contributed by atoms with Gasteiger partial charge in [-0.25, -0.2) is 9.31 Å². The molecule has 0 atom stereocenters. The molecule has 0 saturated heterocycles. The second-order valence-electron chi connectivity index (χ2n) is 6.31. The molecule has 148 valence electrons. The van der Waals surface area contributed by atoms with Crippen LogP contribution < -0.4 is 10.9 Å². The Morgan fingerprint density at radius 2 is 1.97 bits per heavy atom. The molecule has 0 saturated carbocycles. The third-order valence-corrected chi connectivity index (χ3v) is 5.76. The second-order valence-corrected chi connectivity index (χ2v) is 7.99. The zero-order chi connectivity index (χ0) is 20.8. The van der Waals surface area contributed by atoms with E-state index in [1.807, 2.05) is 5.38 Å². The highest BCUT2D eigenvalue weighted by molar-refractivity contribution is 7.15. The summed E-state index contributed by atoms with van der Waals surface area (Å²) >= 11 is 13.6. The van der Waals surface area contributed by atoms with Crippen LogP contribution in [0, 0.1) is 0 Å². The summed E-state index contributed by atoms with van der Waals surface area (Å²) in [5.41, 5.74) is 0.970.